The summed E-state index contributed by atoms with van der Waals surface area (Å²) in [6.45, 7) is 0. The first kappa shape index (κ1) is 12.7. The molecular weight excluding hydrogens is 270 g/mol. The number of amidine groups is 1. The summed E-state index contributed by atoms with van der Waals surface area (Å²) < 4.78 is 1.97. The van der Waals surface area contributed by atoms with E-state index in [1.54, 1.807) is 0 Å². The number of aliphatic imine (C=N–C) groups is 1. The molecular formula is C15H13N3OS. The van der Waals surface area contributed by atoms with E-state index in [2.05, 4.69) is 10.3 Å². The molecule has 0 bridgehead atoms. The number of nitrogens with one attached hydrogen (secondary N) is 1. The van der Waals surface area contributed by atoms with Crippen LogP contribution in [0.1, 0.15) is 5.69 Å². The summed E-state index contributed by atoms with van der Waals surface area (Å²) in [6.07, 6.45) is 3.82. The molecule has 1 aliphatic heterocycles. The lowest BCUT2D eigenvalue weighted by Crippen LogP contribution is -2.19. The summed E-state index contributed by atoms with van der Waals surface area (Å²) in [7, 11) is 1.95. The zero-order chi connectivity index (χ0) is 13.9. The second-order valence-electron chi connectivity index (χ2n) is 4.36. The number of thioether (sulfide) groups is 1. The SMILES string of the molecule is Cn1cccc1/C=C1\SC(=Nc2ccccc2)NC1=O. The van der Waals surface area contributed by atoms with Gasteiger partial charge in [0.05, 0.1) is 10.6 Å². The van der Waals surface area contributed by atoms with Gasteiger partial charge in [0.15, 0.2) is 5.17 Å². The van der Waals surface area contributed by atoms with Crippen molar-refractivity contribution < 1.29 is 4.79 Å². The third kappa shape index (κ3) is 2.67. The van der Waals surface area contributed by atoms with Crippen LogP contribution in [-0.2, 0) is 11.8 Å². The number of rotatable bonds is 2. The van der Waals surface area contributed by atoms with Gasteiger partial charge < -0.3 is 9.88 Å². The molecule has 100 valence electrons. The van der Waals surface area contributed by atoms with Crippen LogP contribution in [0.4, 0.5) is 5.69 Å². The van der Waals surface area contributed by atoms with Gasteiger partial charge in [-0.2, -0.15) is 0 Å². The predicted molar refractivity (Wildman–Crippen MR) is 82.7 cm³/mol. The van der Waals surface area contributed by atoms with Crippen LogP contribution in [0.2, 0.25) is 0 Å². The molecule has 0 saturated carbocycles. The zero-order valence-electron chi connectivity index (χ0n) is 10.9. The minimum Gasteiger partial charge on any atom is -0.351 e. The van der Waals surface area contributed by atoms with E-state index in [-0.39, 0.29) is 5.91 Å². The lowest BCUT2D eigenvalue weighted by Gasteiger charge is -1.96. The van der Waals surface area contributed by atoms with E-state index in [1.165, 1.54) is 11.8 Å². The fourth-order valence-corrected chi connectivity index (χ4v) is 2.69. The van der Waals surface area contributed by atoms with Crippen LogP contribution in [0.3, 0.4) is 0 Å². The van der Waals surface area contributed by atoms with Gasteiger partial charge in [-0.25, -0.2) is 4.99 Å². The molecule has 0 aliphatic carbocycles. The molecule has 0 unspecified atom stereocenters. The van der Waals surface area contributed by atoms with Gasteiger partial charge in [0, 0.05) is 18.9 Å². The molecule has 1 aliphatic rings. The number of hydrogen-bond acceptors (Lipinski definition) is 3. The fraction of sp³-hybridized carbons (Fsp3) is 0.0667. The number of carbonyl (C=O) groups excluding carboxylic acids is 1. The summed E-state index contributed by atoms with van der Waals surface area (Å²) in [5.74, 6) is -0.106. The minimum absolute atomic E-state index is 0.106. The molecule has 0 atom stereocenters. The Morgan fingerprint density at radius 3 is 2.70 bits per heavy atom. The van der Waals surface area contributed by atoms with Crippen LogP contribution in [0.5, 0.6) is 0 Å². The van der Waals surface area contributed by atoms with Gasteiger partial charge in [-0.1, -0.05) is 18.2 Å². The Labute approximate surface area is 121 Å². The van der Waals surface area contributed by atoms with Gasteiger partial charge >= 0.3 is 0 Å². The topological polar surface area (TPSA) is 46.4 Å². The lowest BCUT2D eigenvalue weighted by atomic mass is 10.3. The Balaban J connectivity index is 1.84. The highest BCUT2D eigenvalue weighted by Crippen LogP contribution is 2.27. The number of amides is 1. The smallest absolute Gasteiger partial charge is 0.264 e. The molecule has 1 amide bonds. The van der Waals surface area contributed by atoms with Crippen molar-refractivity contribution in [2.45, 2.75) is 0 Å². The van der Waals surface area contributed by atoms with E-state index in [0.29, 0.717) is 10.1 Å². The van der Waals surface area contributed by atoms with Crippen LogP contribution < -0.4 is 5.32 Å². The highest BCUT2D eigenvalue weighted by molar-refractivity contribution is 8.18. The zero-order valence-corrected chi connectivity index (χ0v) is 11.7. The Morgan fingerprint density at radius 2 is 2.00 bits per heavy atom. The monoisotopic (exact) mass is 283 g/mol. The van der Waals surface area contributed by atoms with Crippen LogP contribution >= 0.6 is 11.8 Å². The third-order valence-electron chi connectivity index (χ3n) is 2.90. The normalized spacial score (nSPS) is 18.8. The largest absolute Gasteiger partial charge is 0.351 e. The van der Waals surface area contributed by atoms with E-state index in [1.807, 2.05) is 66.4 Å². The first-order chi connectivity index (χ1) is 9.72. The number of aryl methyl sites for hydroxylation is 1. The van der Waals surface area contributed by atoms with Crippen molar-refractivity contribution in [2.24, 2.45) is 12.0 Å². The highest BCUT2D eigenvalue weighted by atomic mass is 32.2. The van der Waals surface area contributed by atoms with Gasteiger partial charge in [-0.15, -0.1) is 0 Å². The number of para-hydroxylation sites is 1. The van der Waals surface area contributed by atoms with Gasteiger partial charge in [0.1, 0.15) is 0 Å². The van der Waals surface area contributed by atoms with Crippen molar-refractivity contribution in [3.05, 3.63) is 59.3 Å². The Kier molecular flexibility index (Phi) is 3.43. The first-order valence-electron chi connectivity index (χ1n) is 6.18. The van der Waals surface area contributed by atoms with Gasteiger partial charge in [0.25, 0.3) is 5.91 Å². The van der Waals surface area contributed by atoms with E-state index >= 15 is 0 Å². The number of hydrogen-bond donors (Lipinski definition) is 1. The molecule has 0 radical (unpaired) electrons. The summed E-state index contributed by atoms with van der Waals surface area (Å²) in [6, 6.07) is 13.5. The molecule has 4 nitrogen and oxygen atoms in total. The molecule has 20 heavy (non-hydrogen) atoms. The second kappa shape index (κ2) is 5.38. The molecule has 1 N–H and O–H groups in total. The Morgan fingerprint density at radius 1 is 1.20 bits per heavy atom. The Hall–Kier alpha value is -2.27. The summed E-state index contributed by atoms with van der Waals surface area (Å²) in [5.41, 5.74) is 1.82. The van der Waals surface area contributed by atoms with E-state index in [9.17, 15) is 4.79 Å². The second-order valence-corrected chi connectivity index (χ2v) is 5.39. The first-order valence-corrected chi connectivity index (χ1v) is 7.00. The number of benzene rings is 1. The molecule has 2 heterocycles. The molecule has 2 aromatic rings. The van der Waals surface area contributed by atoms with Crippen molar-refractivity contribution >= 4 is 34.6 Å². The van der Waals surface area contributed by atoms with Gasteiger partial charge in [-0.3, -0.25) is 4.79 Å². The quantitative estimate of drug-likeness (QED) is 0.861. The predicted octanol–water partition coefficient (Wildman–Crippen LogP) is 2.92. The maximum atomic E-state index is 11.9. The Bertz CT molecular complexity index is 701. The van der Waals surface area contributed by atoms with Crippen molar-refractivity contribution in [3.8, 4) is 0 Å². The van der Waals surface area contributed by atoms with Crippen molar-refractivity contribution in [3.63, 3.8) is 0 Å². The number of carbonyl (C=O) groups is 1. The molecule has 5 heteroatoms. The average molecular weight is 283 g/mol. The van der Waals surface area contributed by atoms with E-state index in [4.69, 9.17) is 0 Å². The van der Waals surface area contributed by atoms with Crippen molar-refractivity contribution in [1.29, 1.82) is 0 Å². The van der Waals surface area contributed by atoms with Crippen molar-refractivity contribution in [2.75, 3.05) is 0 Å². The average Bonchev–Trinajstić information content (AvgIpc) is 2.99. The summed E-state index contributed by atoms with van der Waals surface area (Å²) >= 11 is 1.36. The number of nitrogens with zero attached hydrogens (tertiary/aromatic N) is 2. The third-order valence-corrected chi connectivity index (χ3v) is 3.81. The highest BCUT2D eigenvalue weighted by Gasteiger charge is 2.23. The lowest BCUT2D eigenvalue weighted by molar-refractivity contribution is -0.115. The maximum Gasteiger partial charge on any atom is 0.264 e. The molecule has 1 fully saturated rings. The minimum atomic E-state index is -0.106. The summed E-state index contributed by atoms with van der Waals surface area (Å²) in [4.78, 5) is 17.0. The van der Waals surface area contributed by atoms with Crippen LogP contribution in [0, 0.1) is 0 Å². The fourth-order valence-electron chi connectivity index (χ4n) is 1.86. The van der Waals surface area contributed by atoms with Crippen LogP contribution in [0.25, 0.3) is 6.08 Å². The van der Waals surface area contributed by atoms with Crippen molar-refractivity contribution in [1.82, 2.24) is 9.88 Å². The molecule has 1 saturated heterocycles. The molecule has 3 rings (SSSR count). The van der Waals surface area contributed by atoms with Crippen LogP contribution in [0.15, 0.2) is 58.6 Å². The standard InChI is InChI=1S/C15H13N3OS/c1-18-9-5-8-12(18)10-13-14(19)17-15(20-13)16-11-6-3-2-4-7-11/h2-10H,1H3,(H,16,17,19)/b13-10-. The van der Waals surface area contributed by atoms with Crippen LogP contribution in [-0.4, -0.2) is 15.6 Å². The van der Waals surface area contributed by atoms with Gasteiger partial charge in [-0.05, 0) is 42.1 Å². The molecule has 1 aromatic heterocycles. The molecule has 1 aromatic carbocycles. The summed E-state index contributed by atoms with van der Waals surface area (Å²) in [5, 5.41) is 3.39. The molecule has 0 spiro atoms. The van der Waals surface area contributed by atoms with E-state index in [0.717, 1.165) is 11.4 Å². The number of aromatic nitrogens is 1. The maximum absolute atomic E-state index is 11.9. The van der Waals surface area contributed by atoms with Gasteiger partial charge in [0.2, 0.25) is 0 Å². The van der Waals surface area contributed by atoms with E-state index < -0.39 is 0 Å².